The summed E-state index contributed by atoms with van der Waals surface area (Å²) in [5, 5.41) is 3.21. The predicted molar refractivity (Wildman–Crippen MR) is 80.5 cm³/mol. The van der Waals surface area contributed by atoms with Gasteiger partial charge in [0.2, 0.25) is 0 Å². The highest BCUT2D eigenvalue weighted by Gasteiger charge is 2.12. The van der Waals surface area contributed by atoms with E-state index in [1.807, 2.05) is 31.3 Å². The molecule has 2 heterocycles. The van der Waals surface area contributed by atoms with Gasteiger partial charge in [0.1, 0.15) is 11.6 Å². The fourth-order valence-corrected chi connectivity index (χ4v) is 2.81. The number of thiazole rings is 1. The fraction of sp³-hybridized carbons (Fsp3) is 0.429. The second-order valence-corrected chi connectivity index (χ2v) is 5.57. The Morgan fingerprint density at radius 1 is 1.40 bits per heavy atom. The van der Waals surface area contributed by atoms with E-state index in [4.69, 9.17) is 0 Å². The van der Waals surface area contributed by atoms with Crippen LogP contribution in [0.5, 0.6) is 0 Å². The third-order valence-electron chi connectivity index (χ3n) is 3.06. The summed E-state index contributed by atoms with van der Waals surface area (Å²) < 4.78 is 13.4. The van der Waals surface area contributed by atoms with Crippen LogP contribution in [0.15, 0.2) is 17.8 Å². The van der Waals surface area contributed by atoms with E-state index >= 15 is 0 Å². The number of aromatic nitrogens is 2. The molecule has 2 aromatic heterocycles. The van der Waals surface area contributed by atoms with Gasteiger partial charge in [0.15, 0.2) is 0 Å². The van der Waals surface area contributed by atoms with E-state index in [1.54, 1.807) is 17.4 Å². The van der Waals surface area contributed by atoms with E-state index in [0.717, 1.165) is 30.2 Å². The number of nitrogens with one attached hydrogen (secondary N) is 1. The Bertz CT molecular complexity index is 570. The van der Waals surface area contributed by atoms with Crippen LogP contribution in [0.3, 0.4) is 0 Å². The lowest BCUT2D eigenvalue weighted by Gasteiger charge is -2.21. The molecule has 108 valence electrons. The van der Waals surface area contributed by atoms with Gasteiger partial charge in [-0.05, 0) is 19.5 Å². The van der Waals surface area contributed by atoms with Crippen LogP contribution in [-0.2, 0) is 13.1 Å². The van der Waals surface area contributed by atoms with Crippen molar-refractivity contribution in [3.05, 3.63) is 39.7 Å². The largest absolute Gasteiger partial charge is 0.354 e. The summed E-state index contributed by atoms with van der Waals surface area (Å²) in [6, 6.07) is 1.54. The Kier molecular flexibility index (Phi) is 5.03. The van der Waals surface area contributed by atoms with Gasteiger partial charge in [-0.15, -0.1) is 11.3 Å². The van der Waals surface area contributed by atoms with Crippen LogP contribution in [-0.4, -0.2) is 23.6 Å². The third kappa shape index (κ3) is 3.52. The van der Waals surface area contributed by atoms with Crippen molar-refractivity contribution in [3.63, 3.8) is 0 Å². The van der Waals surface area contributed by atoms with Crippen LogP contribution >= 0.6 is 11.3 Å². The number of anilines is 1. The van der Waals surface area contributed by atoms with Crippen molar-refractivity contribution in [1.82, 2.24) is 15.3 Å². The maximum absolute atomic E-state index is 13.4. The highest BCUT2D eigenvalue weighted by Crippen LogP contribution is 2.22. The van der Waals surface area contributed by atoms with Gasteiger partial charge in [-0.2, -0.15) is 0 Å². The van der Waals surface area contributed by atoms with Crippen LogP contribution in [0.4, 0.5) is 10.2 Å². The molecule has 1 N–H and O–H groups in total. The highest BCUT2D eigenvalue weighted by molar-refractivity contribution is 7.09. The van der Waals surface area contributed by atoms with Crippen molar-refractivity contribution in [2.24, 2.45) is 0 Å². The number of nitrogens with zero attached hydrogens (tertiary/aromatic N) is 3. The summed E-state index contributed by atoms with van der Waals surface area (Å²) in [5.41, 5.74) is 3.75. The number of hydrogen-bond acceptors (Lipinski definition) is 5. The molecule has 0 aliphatic carbocycles. The number of halogens is 1. The number of pyridine rings is 1. The van der Waals surface area contributed by atoms with Gasteiger partial charge < -0.3 is 10.2 Å². The van der Waals surface area contributed by atoms with Gasteiger partial charge in [-0.3, -0.25) is 0 Å². The first-order chi connectivity index (χ1) is 9.61. The average Bonchev–Trinajstić information content (AvgIpc) is 2.82. The smallest absolute Gasteiger partial charge is 0.141 e. The van der Waals surface area contributed by atoms with Crippen molar-refractivity contribution >= 4 is 17.2 Å². The summed E-state index contributed by atoms with van der Waals surface area (Å²) in [7, 11) is 1.97. The lowest BCUT2D eigenvalue weighted by molar-refractivity contribution is 0.613. The van der Waals surface area contributed by atoms with Crippen LogP contribution in [0, 0.1) is 12.7 Å². The van der Waals surface area contributed by atoms with Crippen molar-refractivity contribution < 1.29 is 4.39 Å². The molecule has 2 aromatic rings. The Hall–Kier alpha value is -1.53. The van der Waals surface area contributed by atoms with Crippen molar-refractivity contribution in [2.75, 3.05) is 18.5 Å². The summed E-state index contributed by atoms with van der Waals surface area (Å²) in [6.07, 6.45) is 1.26. The van der Waals surface area contributed by atoms with E-state index in [0.29, 0.717) is 6.54 Å². The quantitative estimate of drug-likeness (QED) is 0.889. The summed E-state index contributed by atoms with van der Waals surface area (Å²) in [5.74, 6) is 0.504. The molecule has 0 radical (unpaired) electrons. The predicted octanol–water partition coefficient (Wildman–Crippen LogP) is 2.73. The van der Waals surface area contributed by atoms with Gasteiger partial charge in [-0.1, -0.05) is 6.92 Å². The average molecular weight is 294 g/mol. The van der Waals surface area contributed by atoms with E-state index in [-0.39, 0.29) is 5.82 Å². The molecule has 4 nitrogen and oxygen atoms in total. The molecule has 0 saturated carbocycles. The van der Waals surface area contributed by atoms with Crippen LogP contribution < -0.4 is 10.2 Å². The molecule has 0 unspecified atom stereocenters. The van der Waals surface area contributed by atoms with Gasteiger partial charge >= 0.3 is 0 Å². The minimum absolute atomic E-state index is 0.302. The van der Waals surface area contributed by atoms with Gasteiger partial charge in [0, 0.05) is 24.0 Å². The lowest BCUT2D eigenvalue weighted by Crippen LogP contribution is -2.22. The van der Waals surface area contributed by atoms with E-state index < -0.39 is 0 Å². The molecule has 0 amide bonds. The third-order valence-corrected chi connectivity index (χ3v) is 3.98. The summed E-state index contributed by atoms with van der Waals surface area (Å²) >= 11 is 1.63. The monoisotopic (exact) mass is 294 g/mol. The van der Waals surface area contributed by atoms with Gasteiger partial charge in [-0.25, -0.2) is 14.4 Å². The molecule has 0 aliphatic rings. The molecule has 0 aromatic carbocycles. The maximum Gasteiger partial charge on any atom is 0.141 e. The molecular formula is C14H19FN4S. The normalized spacial score (nSPS) is 10.8. The van der Waals surface area contributed by atoms with E-state index in [1.165, 1.54) is 11.1 Å². The lowest BCUT2D eigenvalue weighted by atomic mass is 10.2. The maximum atomic E-state index is 13.4. The van der Waals surface area contributed by atoms with Crippen LogP contribution in [0.25, 0.3) is 0 Å². The van der Waals surface area contributed by atoms with Crippen molar-refractivity contribution in [3.8, 4) is 0 Å². The molecule has 0 fully saturated rings. The number of aryl methyl sites for hydroxylation is 1. The summed E-state index contributed by atoms with van der Waals surface area (Å²) in [6.45, 7) is 6.21. The molecular weight excluding hydrogens is 275 g/mol. The van der Waals surface area contributed by atoms with Crippen molar-refractivity contribution in [1.29, 1.82) is 0 Å². The van der Waals surface area contributed by atoms with E-state index in [2.05, 4.69) is 15.3 Å². The minimum Gasteiger partial charge on any atom is -0.354 e. The standard InChI is InChI=1S/C14H19FN4S/c1-4-16-6-11-5-12(15)7-17-14(11)19(3)8-13-10(2)18-9-20-13/h5,7,9,16H,4,6,8H2,1-3H3. The van der Waals surface area contributed by atoms with Gasteiger partial charge in [0.25, 0.3) is 0 Å². The van der Waals surface area contributed by atoms with Crippen LogP contribution in [0.2, 0.25) is 0 Å². The van der Waals surface area contributed by atoms with Crippen LogP contribution in [0.1, 0.15) is 23.1 Å². The highest BCUT2D eigenvalue weighted by atomic mass is 32.1. The molecule has 2 rings (SSSR count). The second kappa shape index (κ2) is 6.76. The molecule has 20 heavy (non-hydrogen) atoms. The Labute approximate surface area is 122 Å². The van der Waals surface area contributed by atoms with Crippen molar-refractivity contribution in [2.45, 2.75) is 26.9 Å². The first-order valence-electron chi connectivity index (χ1n) is 6.57. The number of rotatable bonds is 6. The zero-order valence-electron chi connectivity index (χ0n) is 12.0. The first kappa shape index (κ1) is 14.9. The second-order valence-electron chi connectivity index (χ2n) is 4.63. The topological polar surface area (TPSA) is 41.1 Å². The Balaban J connectivity index is 2.20. The molecule has 0 spiro atoms. The molecule has 6 heteroatoms. The molecule has 0 saturated heterocycles. The van der Waals surface area contributed by atoms with E-state index in [9.17, 15) is 4.39 Å². The SMILES string of the molecule is CCNCc1cc(F)cnc1N(C)Cc1scnc1C. The Morgan fingerprint density at radius 3 is 2.85 bits per heavy atom. The Morgan fingerprint density at radius 2 is 2.20 bits per heavy atom. The minimum atomic E-state index is -0.302. The van der Waals surface area contributed by atoms with Gasteiger partial charge in [0.05, 0.1) is 23.9 Å². The molecule has 0 atom stereocenters. The zero-order valence-corrected chi connectivity index (χ0v) is 12.8. The zero-order chi connectivity index (χ0) is 14.5. The summed E-state index contributed by atoms with van der Waals surface area (Å²) in [4.78, 5) is 11.7. The number of hydrogen-bond donors (Lipinski definition) is 1. The molecule has 0 aliphatic heterocycles. The fourth-order valence-electron chi connectivity index (χ4n) is 1.98. The first-order valence-corrected chi connectivity index (χ1v) is 7.45. The molecule has 0 bridgehead atoms.